The molecule has 0 aliphatic carbocycles. The molecule has 2 amide bonds. The minimum atomic E-state index is 0.00384. The van der Waals surface area contributed by atoms with Gasteiger partial charge in [0.25, 0.3) is 11.8 Å². The van der Waals surface area contributed by atoms with Crippen LogP contribution in [0.25, 0.3) is 0 Å². The van der Waals surface area contributed by atoms with Crippen LogP contribution >= 0.6 is 11.3 Å². The molecule has 7 heteroatoms. The van der Waals surface area contributed by atoms with Gasteiger partial charge in [0.1, 0.15) is 9.88 Å². The highest BCUT2D eigenvalue weighted by Gasteiger charge is 2.24. The third kappa shape index (κ3) is 5.08. The average molecular weight is 429 g/mol. The van der Waals surface area contributed by atoms with Gasteiger partial charge in [-0.2, -0.15) is 0 Å². The topological polar surface area (TPSA) is 56.8 Å². The zero-order valence-corrected chi connectivity index (χ0v) is 19.7. The third-order valence-corrected chi connectivity index (χ3v) is 6.59. The van der Waals surface area contributed by atoms with Crippen LogP contribution in [-0.4, -0.2) is 71.8 Å². The summed E-state index contributed by atoms with van der Waals surface area (Å²) < 4.78 is 0. The van der Waals surface area contributed by atoms with E-state index in [2.05, 4.69) is 42.8 Å². The normalized spacial score (nSPS) is 15.3. The number of thiazole rings is 1. The highest BCUT2D eigenvalue weighted by molar-refractivity contribution is 7.13. The van der Waals surface area contributed by atoms with Gasteiger partial charge < -0.3 is 9.80 Å². The van der Waals surface area contributed by atoms with Crippen LogP contribution in [-0.2, 0) is 12.0 Å². The molecule has 1 aromatic carbocycles. The molecule has 0 saturated carbocycles. The molecule has 0 radical (unpaired) electrons. The van der Waals surface area contributed by atoms with Gasteiger partial charge in [0, 0.05) is 45.8 Å². The first-order valence-corrected chi connectivity index (χ1v) is 11.2. The van der Waals surface area contributed by atoms with E-state index in [1.807, 2.05) is 24.0 Å². The molecule has 3 rings (SSSR count). The smallest absolute Gasteiger partial charge is 0.265 e. The lowest BCUT2D eigenvalue weighted by Crippen LogP contribution is -2.48. The summed E-state index contributed by atoms with van der Waals surface area (Å²) in [5, 5.41) is 0.954. The van der Waals surface area contributed by atoms with Crippen LogP contribution in [0.4, 0.5) is 0 Å². The van der Waals surface area contributed by atoms with Crippen molar-refractivity contribution in [3.05, 3.63) is 51.0 Å². The molecule has 2 heterocycles. The Hall–Kier alpha value is -2.25. The van der Waals surface area contributed by atoms with Crippen molar-refractivity contribution in [3.63, 3.8) is 0 Å². The zero-order chi connectivity index (χ0) is 22.1. The number of hydrogen-bond donors (Lipinski definition) is 0. The molecule has 6 nitrogen and oxygen atoms in total. The first-order valence-electron chi connectivity index (χ1n) is 10.4. The predicted octanol–water partition coefficient (Wildman–Crippen LogP) is 3.41. The molecule has 0 spiro atoms. The molecule has 0 unspecified atom stereocenters. The molecule has 2 aromatic rings. The van der Waals surface area contributed by atoms with E-state index < -0.39 is 0 Å². The van der Waals surface area contributed by atoms with Gasteiger partial charge in [0.2, 0.25) is 0 Å². The fourth-order valence-electron chi connectivity index (χ4n) is 3.52. The lowest BCUT2D eigenvalue weighted by Gasteiger charge is -2.34. The fourth-order valence-corrected chi connectivity index (χ4v) is 4.65. The minimum absolute atomic E-state index is 0.00384. The van der Waals surface area contributed by atoms with Crippen LogP contribution in [0.1, 0.15) is 57.1 Å². The Morgan fingerprint density at radius 1 is 1.07 bits per heavy atom. The van der Waals surface area contributed by atoms with E-state index >= 15 is 0 Å². The van der Waals surface area contributed by atoms with E-state index in [1.165, 1.54) is 16.9 Å². The Labute approximate surface area is 183 Å². The molecule has 30 heavy (non-hydrogen) atoms. The highest BCUT2D eigenvalue weighted by Crippen LogP contribution is 2.23. The summed E-state index contributed by atoms with van der Waals surface area (Å²) in [6.45, 7) is 12.1. The third-order valence-electron chi connectivity index (χ3n) is 5.46. The van der Waals surface area contributed by atoms with Crippen molar-refractivity contribution in [1.29, 1.82) is 0 Å². The summed E-state index contributed by atoms with van der Waals surface area (Å²) in [5.74, 6) is 0.100. The van der Waals surface area contributed by atoms with E-state index in [9.17, 15) is 9.59 Å². The van der Waals surface area contributed by atoms with E-state index in [0.29, 0.717) is 24.5 Å². The maximum atomic E-state index is 12.9. The van der Waals surface area contributed by atoms with Crippen molar-refractivity contribution < 1.29 is 9.59 Å². The Morgan fingerprint density at radius 2 is 1.67 bits per heavy atom. The van der Waals surface area contributed by atoms with Gasteiger partial charge in [-0.05, 0) is 30.0 Å². The van der Waals surface area contributed by atoms with Gasteiger partial charge in [-0.1, -0.05) is 32.9 Å². The number of carbonyl (C=O) groups is 2. The molecular formula is C23H32N4O2S. The van der Waals surface area contributed by atoms with Gasteiger partial charge in [0.05, 0.1) is 12.2 Å². The van der Waals surface area contributed by atoms with Gasteiger partial charge in [-0.15, -0.1) is 11.3 Å². The lowest BCUT2D eigenvalue weighted by molar-refractivity contribution is 0.0628. The summed E-state index contributed by atoms with van der Waals surface area (Å²) >= 11 is 1.47. The van der Waals surface area contributed by atoms with E-state index in [0.717, 1.165) is 29.4 Å². The van der Waals surface area contributed by atoms with E-state index in [-0.39, 0.29) is 17.2 Å². The minimum Gasteiger partial charge on any atom is -0.344 e. The molecule has 1 aromatic heterocycles. The van der Waals surface area contributed by atoms with Crippen molar-refractivity contribution in [1.82, 2.24) is 19.7 Å². The predicted molar refractivity (Wildman–Crippen MR) is 121 cm³/mol. The summed E-state index contributed by atoms with van der Waals surface area (Å²) in [6, 6.07) is 8.00. The average Bonchev–Trinajstić information content (AvgIpc) is 3.06. The van der Waals surface area contributed by atoms with Gasteiger partial charge >= 0.3 is 0 Å². The van der Waals surface area contributed by atoms with Crippen molar-refractivity contribution >= 4 is 23.2 Å². The monoisotopic (exact) mass is 428 g/mol. The van der Waals surface area contributed by atoms with Crippen LogP contribution in [0.5, 0.6) is 0 Å². The quantitative estimate of drug-likeness (QED) is 0.749. The number of nitrogens with zero attached hydrogens (tertiary/aromatic N) is 4. The summed E-state index contributed by atoms with van der Waals surface area (Å²) in [6.07, 6.45) is 0. The molecule has 1 aliphatic heterocycles. The molecule has 0 bridgehead atoms. The fraction of sp³-hybridized carbons (Fsp3) is 0.522. The van der Waals surface area contributed by atoms with Crippen molar-refractivity contribution in [2.45, 2.75) is 39.7 Å². The van der Waals surface area contributed by atoms with Gasteiger partial charge in [-0.3, -0.25) is 14.5 Å². The number of hydrogen-bond acceptors (Lipinski definition) is 5. The Morgan fingerprint density at radius 3 is 2.20 bits per heavy atom. The Kier molecular flexibility index (Phi) is 6.62. The molecule has 1 fully saturated rings. The number of amides is 2. The number of carbonyl (C=O) groups excluding carboxylic acids is 2. The van der Waals surface area contributed by atoms with Gasteiger partial charge in [-0.25, -0.2) is 4.98 Å². The van der Waals surface area contributed by atoms with Crippen LogP contribution in [0.2, 0.25) is 0 Å². The Bertz CT molecular complexity index is 904. The maximum absolute atomic E-state index is 12.9. The first-order chi connectivity index (χ1) is 14.1. The zero-order valence-electron chi connectivity index (χ0n) is 18.9. The number of rotatable bonds is 4. The van der Waals surface area contributed by atoms with Crippen LogP contribution in [0.15, 0.2) is 24.3 Å². The SMILES string of the molecule is Cc1nc(CN2CCN(C(=O)c3ccc(C(C)(C)C)cc3)CC2)sc1C(=O)N(C)C. The summed E-state index contributed by atoms with van der Waals surface area (Å²) in [7, 11) is 3.52. The largest absolute Gasteiger partial charge is 0.344 e. The lowest BCUT2D eigenvalue weighted by atomic mass is 9.86. The second-order valence-electron chi connectivity index (χ2n) is 9.12. The first kappa shape index (κ1) is 22.4. The van der Waals surface area contributed by atoms with Crippen LogP contribution < -0.4 is 0 Å². The molecule has 0 atom stereocenters. The second-order valence-corrected chi connectivity index (χ2v) is 10.2. The van der Waals surface area contributed by atoms with Crippen molar-refractivity contribution in [2.75, 3.05) is 40.3 Å². The maximum Gasteiger partial charge on any atom is 0.265 e. The Balaban J connectivity index is 1.57. The molecular weight excluding hydrogens is 396 g/mol. The van der Waals surface area contributed by atoms with E-state index in [1.54, 1.807) is 19.0 Å². The summed E-state index contributed by atoms with van der Waals surface area (Å²) in [5.41, 5.74) is 2.85. The number of aromatic nitrogens is 1. The van der Waals surface area contributed by atoms with Crippen LogP contribution in [0.3, 0.4) is 0 Å². The molecule has 162 valence electrons. The number of aryl methyl sites for hydroxylation is 1. The van der Waals surface area contributed by atoms with Crippen molar-refractivity contribution in [3.8, 4) is 0 Å². The number of piperazine rings is 1. The van der Waals surface area contributed by atoms with Gasteiger partial charge in [0.15, 0.2) is 0 Å². The van der Waals surface area contributed by atoms with Crippen LogP contribution in [0, 0.1) is 6.92 Å². The molecule has 1 aliphatic rings. The standard InChI is InChI=1S/C23H32N4O2S/c1-16-20(22(29)25(5)6)30-19(24-16)15-26-11-13-27(14-12-26)21(28)17-7-9-18(10-8-17)23(2,3)4/h7-10H,11-15H2,1-6H3. The molecule has 0 N–H and O–H groups in total. The van der Waals surface area contributed by atoms with E-state index in [4.69, 9.17) is 0 Å². The highest BCUT2D eigenvalue weighted by atomic mass is 32.1. The second kappa shape index (κ2) is 8.86. The van der Waals surface area contributed by atoms with Crippen molar-refractivity contribution in [2.24, 2.45) is 0 Å². The summed E-state index contributed by atoms with van der Waals surface area (Å²) in [4.78, 5) is 36.2. The molecule has 1 saturated heterocycles. The number of benzene rings is 1.